The van der Waals surface area contributed by atoms with E-state index >= 15 is 0 Å². The van der Waals surface area contributed by atoms with Gasteiger partial charge in [-0.1, -0.05) is 0 Å². The van der Waals surface area contributed by atoms with Crippen LogP contribution < -0.4 is 0 Å². The molecule has 2 aliphatic rings. The zero-order chi connectivity index (χ0) is 15.7. The third-order valence-corrected chi connectivity index (χ3v) is 3.59. The van der Waals surface area contributed by atoms with Crippen molar-refractivity contribution in [3.8, 4) is 0 Å². The molecule has 0 amide bonds. The Labute approximate surface area is 119 Å². The third-order valence-electron chi connectivity index (χ3n) is 3.59. The zero-order valence-corrected chi connectivity index (χ0v) is 11.0. The van der Waals surface area contributed by atoms with Gasteiger partial charge in [-0.25, -0.2) is 0 Å². The first kappa shape index (κ1) is 17.0. The molecular formula is C11H20O10. The number of hydrogen-bond donors (Lipinski definition) is 7. The highest BCUT2D eigenvalue weighted by molar-refractivity contribution is 4.91. The molecule has 2 aliphatic heterocycles. The lowest BCUT2D eigenvalue weighted by Gasteiger charge is -2.43. The van der Waals surface area contributed by atoms with E-state index in [1.54, 1.807) is 0 Å². The molecule has 124 valence electrons. The number of ether oxygens (including phenoxy) is 3. The number of rotatable bonds is 3. The molecule has 1 unspecified atom stereocenters. The Bertz CT molecular complexity index is 339. The van der Waals surface area contributed by atoms with Crippen LogP contribution in [0.3, 0.4) is 0 Å². The summed E-state index contributed by atoms with van der Waals surface area (Å²) in [7, 11) is 0. The van der Waals surface area contributed by atoms with Gasteiger partial charge in [0.15, 0.2) is 12.6 Å². The maximum absolute atomic E-state index is 9.79. The van der Waals surface area contributed by atoms with Crippen LogP contribution in [0, 0.1) is 0 Å². The molecule has 0 aliphatic carbocycles. The van der Waals surface area contributed by atoms with Crippen LogP contribution in [0.2, 0.25) is 0 Å². The lowest BCUT2D eigenvalue weighted by Crippen LogP contribution is -2.62. The molecule has 9 atom stereocenters. The highest BCUT2D eigenvalue weighted by Crippen LogP contribution is 2.26. The van der Waals surface area contributed by atoms with E-state index in [1.807, 2.05) is 0 Å². The largest absolute Gasteiger partial charge is 0.394 e. The van der Waals surface area contributed by atoms with Crippen molar-refractivity contribution in [2.75, 3.05) is 13.2 Å². The molecule has 10 nitrogen and oxygen atoms in total. The van der Waals surface area contributed by atoms with Crippen LogP contribution in [0.15, 0.2) is 0 Å². The first-order valence-corrected chi connectivity index (χ1v) is 6.48. The molecule has 7 N–H and O–H groups in total. The van der Waals surface area contributed by atoms with E-state index < -0.39 is 61.9 Å². The molecule has 0 aromatic heterocycles. The average Bonchev–Trinajstić information content (AvgIpc) is 2.47. The van der Waals surface area contributed by atoms with Gasteiger partial charge in [0.05, 0.1) is 13.2 Å². The molecule has 0 bridgehead atoms. The summed E-state index contributed by atoms with van der Waals surface area (Å²) < 4.78 is 15.0. The Kier molecular flexibility index (Phi) is 5.48. The normalized spacial score (nSPS) is 51.9. The summed E-state index contributed by atoms with van der Waals surface area (Å²) in [5.74, 6) is 0. The van der Waals surface area contributed by atoms with Crippen molar-refractivity contribution in [1.82, 2.24) is 0 Å². The van der Waals surface area contributed by atoms with Crippen molar-refractivity contribution in [3.05, 3.63) is 0 Å². The molecule has 0 aromatic rings. The Morgan fingerprint density at radius 3 is 2.19 bits per heavy atom. The van der Waals surface area contributed by atoms with Gasteiger partial charge in [-0.05, 0) is 0 Å². The summed E-state index contributed by atoms with van der Waals surface area (Å²) in [6, 6.07) is 0. The fourth-order valence-corrected chi connectivity index (χ4v) is 2.29. The minimum Gasteiger partial charge on any atom is -0.394 e. The van der Waals surface area contributed by atoms with Crippen LogP contribution >= 0.6 is 0 Å². The SMILES string of the molecule is OC[C@H]1O[C@@H](O[C@H]2[C@@H](O)COC(O)[C@@H]2O)[C@H](O)[C@@H](O)[C@H]1O. The molecule has 21 heavy (non-hydrogen) atoms. The fraction of sp³-hybridized carbons (Fsp3) is 1.00. The third kappa shape index (κ3) is 3.35. The van der Waals surface area contributed by atoms with E-state index in [0.717, 1.165) is 0 Å². The molecule has 0 saturated carbocycles. The molecule has 2 heterocycles. The van der Waals surface area contributed by atoms with Gasteiger partial charge in [0, 0.05) is 0 Å². The van der Waals surface area contributed by atoms with Crippen LogP contribution in [0.25, 0.3) is 0 Å². The van der Waals surface area contributed by atoms with Crippen LogP contribution in [0.5, 0.6) is 0 Å². The summed E-state index contributed by atoms with van der Waals surface area (Å²) in [4.78, 5) is 0. The van der Waals surface area contributed by atoms with Crippen molar-refractivity contribution in [2.45, 2.75) is 55.3 Å². The Hall–Kier alpha value is -0.400. The molecule has 2 saturated heterocycles. The Balaban J connectivity index is 2.06. The van der Waals surface area contributed by atoms with Crippen LogP contribution in [0.1, 0.15) is 0 Å². The fourth-order valence-electron chi connectivity index (χ4n) is 2.29. The molecule has 2 fully saturated rings. The second kappa shape index (κ2) is 6.79. The predicted octanol–water partition coefficient (Wildman–Crippen LogP) is -4.76. The summed E-state index contributed by atoms with van der Waals surface area (Å²) in [5.41, 5.74) is 0. The van der Waals surface area contributed by atoms with Gasteiger partial charge in [-0.15, -0.1) is 0 Å². The highest BCUT2D eigenvalue weighted by atomic mass is 16.7. The van der Waals surface area contributed by atoms with Crippen LogP contribution in [-0.2, 0) is 14.2 Å². The maximum Gasteiger partial charge on any atom is 0.187 e. The van der Waals surface area contributed by atoms with Crippen molar-refractivity contribution < 1.29 is 50.0 Å². The van der Waals surface area contributed by atoms with E-state index in [-0.39, 0.29) is 6.61 Å². The summed E-state index contributed by atoms with van der Waals surface area (Å²) in [6.07, 6.45) is -13.3. The first-order valence-electron chi connectivity index (χ1n) is 6.48. The summed E-state index contributed by atoms with van der Waals surface area (Å²) in [6.45, 7) is -0.938. The smallest absolute Gasteiger partial charge is 0.187 e. The summed E-state index contributed by atoms with van der Waals surface area (Å²) >= 11 is 0. The van der Waals surface area contributed by atoms with Gasteiger partial charge < -0.3 is 50.0 Å². The van der Waals surface area contributed by atoms with Crippen molar-refractivity contribution in [2.24, 2.45) is 0 Å². The lowest BCUT2D eigenvalue weighted by atomic mass is 9.98. The quantitative estimate of drug-likeness (QED) is 0.268. The van der Waals surface area contributed by atoms with Gasteiger partial charge >= 0.3 is 0 Å². The average molecular weight is 312 g/mol. The van der Waals surface area contributed by atoms with E-state index in [1.165, 1.54) is 0 Å². The number of hydrogen-bond acceptors (Lipinski definition) is 10. The molecule has 0 aromatic carbocycles. The van der Waals surface area contributed by atoms with Crippen molar-refractivity contribution >= 4 is 0 Å². The van der Waals surface area contributed by atoms with E-state index in [9.17, 15) is 30.6 Å². The minimum atomic E-state index is -1.66. The summed E-state index contributed by atoms with van der Waals surface area (Å²) in [5, 5.41) is 66.8. The molecule has 10 heteroatoms. The molecule has 2 rings (SSSR count). The number of aliphatic hydroxyl groups excluding tert-OH is 7. The van der Waals surface area contributed by atoms with Crippen molar-refractivity contribution in [1.29, 1.82) is 0 Å². The second-order valence-corrected chi connectivity index (χ2v) is 5.08. The monoisotopic (exact) mass is 312 g/mol. The minimum absolute atomic E-state index is 0.305. The van der Waals surface area contributed by atoms with Gasteiger partial charge in [-0.2, -0.15) is 0 Å². The van der Waals surface area contributed by atoms with Gasteiger partial charge in [-0.3, -0.25) is 0 Å². The van der Waals surface area contributed by atoms with E-state index in [2.05, 4.69) is 4.74 Å². The standard InChI is InChI=1S/C11H20O10/c12-1-4-5(14)6(15)7(16)11(20-4)21-9-3(13)2-19-10(18)8(9)17/h3-18H,1-2H2/t3-,4+,5-,6-,7+,8+,9-,10?,11-/m0/s1. The van der Waals surface area contributed by atoms with Crippen LogP contribution in [0.4, 0.5) is 0 Å². The van der Waals surface area contributed by atoms with E-state index in [4.69, 9.17) is 14.6 Å². The van der Waals surface area contributed by atoms with Gasteiger partial charge in [0.1, 0.15) is 42.7 Å². The zero-order valence-electron chi connectivity index (χ0n) is 11.0. The molecule has 0 spiro atoms. The van der Waals surface area contributed by atoms with E-state index in [0.29, 0.717) is 0 Å². The number of aliphatic hydroxyl groups is 7. The first-order chi connectivity index (χ1) is 9.86. The predicted molar refractivity (Wildman–Crippen MR) is 62.6 cm³/mol. The molecule has 0 radical (unpaired) electrons. The van der Waals surface area contributed by atoms with Gasteiger partial charge in [0.25, 0.3) is 0 Å². The Morgan fingerprint density at radius 2 is 1.57 bits per heavy atom. The van der Waals surface area contributed by atoms with Crippen molar-refractivity contribution in [3.63, 3.8) is 0 Å². The maximum atomic E-state index is 9.79. The van der Waals surface area contributed by atoms with Crippen LogP contribution in [-0.4, -0.2) is 104 Å². The lowest BCUT2D eigenvalue weighted by molar-refractivity contribution is -0.345. The Morgan fingerprint density at radius 1 is 0.905 bits per heavy atom. The van der Waals surface area contributed by atoms with Gasteiger partial charge in [0.2, 0.25) is 0 Å². The second-order valence-electron chi connectivity index (χ2n) is 5.08. The molecular weight excluding hydrogens is 292 g/mol. The highest BCUT2D eigenvalue weighted by Gasteiger charge is 2.48. The topological polar surface area (TPSA) is 169 Å².